The van der Waals surface area contributed by atoms with Crippen LogP contribution in [0.3, 0.4) is 0 Å². The van der Waals surface area contributed by atoms with Crippen LogP contribution in [0.25, 0.3) is 6.08 Å². The van der Waals surface area contributed by atoms with Crippen LogP contribution >= 0.6 is 0 Å². The average Bonchev–Trinajstić information content (AvgIpc) is 3.23. The minimum absolute atomic E-state index is 0.107. The minimum atomic E-state index is -2.01. The third-order valence-electron chi connectivity index (χ3n) is 8.76. The summed E-state index contributed by atoms with van der Waals surface area (Å²) < 4.78 is 14.6. The van der Waals surface area contributed by atoms with E-state index in [9.17, 15) is 5.26 Å². The lowest BCUT2D eigenvalue weighted by atomic mass is 9.84. The molecule has 8 heteroatoms. The minimum Gasteiger partial charge on any atom is -0.497 e. The molecule has 1 heterocycles. The molecule has 1 saturated carbocycles. The van der Waals surface area contributed by atoms with Gasteiger partial charge < -0.3 is 18.6 Å². The van der Waals surface area contributed by atoms with Gasteiger partial charge in [-0.25, -0.2) is 9.98 Å². The zero-order chi connectivity index (χ0) is 29.7. The van der Waals surface area contributed by atoms with Crippen molar-refractivity contribution in [3.8, 4) is 11.8 Å². The first-order valence-electron chi connectivity index (χ1n) is 14.5. The molecule has 0 N–H and O–H groups in total. The molecule has 40 heavy (non-hydrogen) atoms. The van der Waals surface area contributed by atoms with E-state index in [2.05, 4.69) is 93.2 Å². The predicted molar refractivity (Wildman–Crippen MR) is 167 cm³/mol. The van der Waals surface area contributed by atoms with Crippen LogP contribution in [-0.4, -0.2) is 43.6 Å². The normalized spacial score (nSPS) is 19.1. The van der Waals surface area contributed by atoms with Gasteiger partial charge in [-0.2, -0.15) is 5.26 Å². The Morgan fingerprint density at radius 1 is 1.25 bits per heavy atom. The second kappa shape index (κ2) is 13.2. The molecule has 0 aliphatic heterocycles. The average molecular weight is 564 g/mol. The van der Waals surface area contributed by atoms with E-state index in [-0.39, 0.29) is 11.1 Å². The summed E-state index contributed by atoms with van der Waals surface area (Å²) in [6.07, 6.45) is 6.81. The number of ether oxygens (including phenoxy) is 1. The molecule has 7 nitrogen and oxygen atoms in total. The van der Waals surface area contributed by atoms with Crippen molar-refractivity contribution in [3.63, 3.8) is 0 Å². The molecule has 0 amide bonds. The van der Waals surface area contributed by atoms with E-state index < -0.39 is 8.32 Å². The molecule has 1 atom stereocenters. The molecular weight excluding hydrogens is 514 g/mol. The van der Waals surface area contributed by atoms with Crippen LogP contribution in [0, 0.1) is 24.2 Å². The molecule has 1 aromatic carbocycles. The van der Waals surface area contributed by atoms with Crippen molar-refractivity contribution in [1.29, 1.82) is 5.26 Å². The maximum Gasteiger partial charge on any atom is 0.193 e. The van der Waals surface area contributed by atoms with Crippen molar-refractivity contribution in [2.45, 2.75) is 104 Å². The molecule has 3 rings (SSSR count). The summed E-state index contributed by atoms with van der Waals surface area (Å²) in [7, 11) is 1.71. The van der Waals surface area contributed by atoms with Gasteiger partial charge in [0.15, 0.2) is 8.32 Å². The molecule has 0 radical (unpaired) electrons. The number of aliphatic imine (C=N–C) groups is 1. The van der Waals surface area contributed by atoms with E-state index in [1.54, 1.807) is 7.11 Å². The zero-order valence-corrected chi connectivity index (χ0v) is 27.1. The van der Waals surface area contributed by atoms with Gasteiger partial charge >= 0.3 is 0 Å². The van der Waals surface area contributed by atoms with Crippen LogP contribution in [0.5, 0.6) is 5.75 Å². The quantitative estimate of drug-likeness (QED) is 0.204. The number of nitrogens with zero attached hydrogens (tertiary/aromatic N) is 5. The van der Waals surface area contributed by atoms with Gasteiger partial charge in [-0.1, -0.05) is 32.9 Å². The standard InChI is InChI=1S/C32H49N5O2Si/c1-23-29(21-30(34-6)36(7)22-26-13-17-28(38-8)18-14-26)37(27-15-11-25(12-16-27)19-20-33)31(35-23)24(2)39-40(9,10)32(3,4)5/h13-14,17-18,21,24-25,27H,6,11-12,15-16,19,22H2,1-5,7-10H3/b30-21+/t24-,25?,27?/m1/s1. The number of aromatic nitrogens is 2. The van der Waals surface area contributed by atoms with Gasteiger partial charge in [0.05, 0.1) is 24.6 Å². The Labute approximate surface area is 243 Å². The van der Waals surface area contributed by atoms with Crippen molar-refractivity contribution in [2.24, 2.45) is 10.9 Å². The van der Waals surface area contributed by atoms with Gasteiger partial charge in [0, 0.05) is 32.1 Å². The first-order chi connectivity index (χ1) is 18.8. The highest BCUT2D eigenvalue weighted by Crippen LogP contribution is 2.42. The molecule has 0 bridgehead atoms. The Hall–Kier alpha value is -2.89. The molecule has 2 aromatic rings. The molecular formula is C32H49N5O2Si. The van der Waals surface area contributed by atoms with E-state index in [1.165, 1.54) is 0 Å². The summed E-state index contributed by atoms with van der Waals surface area (Å²) in [5, 5.41) is 9.34. The summed E-state index contributed by atoms with van der Waals surface area (Å²) in [4.78, 5) is 11.7. The predicted octanol–water partition coefficient (Wildman–Crippen LogP) is 8.06. The number of hydrogen-bond acceptors (Lipinski definition) is 6. The van der Waals surface area contributed by atoms with Crippen molar-refractivity contribution < 1.29 is 9.16 Å². The monoisotopic (exact) mass is 563 g/mol. The van der Waals surface area contributed by atoms with Crippen LogP contribution in [0.4, 0.5) is 0 Å². The molecule has 1 aliphatic rings. The second-order valence-corrected chi connectivity index (χ2v) is 17.5. The maximum atomic E-state index is 9.24. The van der Waals surface area contributed by atoms with Gasteiger partial charge in [0.2, 0.25) is 0 Å². The van der Waals surface area contributed by atoms with E-state index in [0.717, 1.165) is 60.0 Å². The van der Waals surface area contributed by atoms with Gasteiger partial charge in [0.25, 0.3) is 0 Å². The molecule has 218 valence electrons. The summed E-state index contributed by atoms with van der Waals surface area (Å²) in [5.74, 6) is 3.10. The Bertz CT molecular complexity index is 1210. The van der Waals surface area contributed by atoms with Crippen molar-refractivity contribution in [2.75, 3.05) is 14.2 Å². The van der Waals surface area contributed by atoms with Crippen LogP contribution < -0.4 is 4.74 Å². The maximum absolute atomic E-state index is 9.24. The molecule has 0 unspecified atom stereocenters. The fourth-order valence-corrected chi connectivity index (χ4v) is 6.66. The molecule has 1 aliphatic carbocycles. The number of nitriles is 1. The SMILES string of the molecule is C=N/C(=C\c1c(C)nc([C@@H](C)O[Si](C)(C)C(C)(C)C)n1C1CCC(CC#N)CC1)N(C)Cc1ccc(OC)cc1. The Kier molecular flexibility index (Phi) is 10.4. The Balaban J connectivity index is 2.00. The highest BCUT2D eigenvalue weighted by atomic mass is 28.4. The Morgan fingerprint density at radius 3 is 2.40 bits per heavy atom. The summed E-state index contributed by atoms with van der Waals surface area (Å²) in [6, 6.07) is 10.8. The number of methoxy groups -OCH3 is 1. The van der Waals surface area contributed by atoms with Crippen molar-refractivity contribution in [1.82, 2.24) is 14.5 Å². The molecule has 1 aromatic heterocycles. The van der Waals surface area contributed by atoms with Crippen LogP contribution in [0.2, 0.25) is 18.1 Å². The number of imidazole rings is 1. The lowest BCUT2D eigenvalue weighted by molar-refractivity contribution is 0.178. The topological polar surface area (TPSA) is 75.7 Å². The van der Waals surface area contributed by atoms with Gasteiger partial charge in [-0.15, -0.1) is 0 Å². The highest BCUT2D eigenvalue weighted by Gasteiger charge is 2.40. The lowest BCUT2D eigenvalue weighted by Gasteiger charge is -2.39. The number of benzene rings is 1. The summed E-state index contributed by atoms with van der Waals surface area (Å²) >= 11 is 0. The third kappa shape index (κ3) is 7.44. The van der Waals surface area contributed by atoms with E-state index in [1.807, 2.05) is 19.2 Å². The molecule has 0 spiro atoms. The number of hydrogen-bond donors (Lipinski definition) is 0. The van der Waals surface area contributed by atoms with Crippen molar-refractivity contribution >= 4 is 21.1 Å². The number of rotatable bonds is 11. The summed E-state index contributed by atoms with van der Waals surface area (Å²) in [6.45, 7) is 20.2. The van der Waals surface area contributed by atoms with Gasteiger partial charge in [-0.05, 0) is 88.0 Å². The van der Waals surface area contributed by atoms with Gasteiger partial charge in [0.1, 0.15) is 23.5 Å². The van der Waals surface area contributed by atoms with Gasteiger partial charge in [-0.3, -0.25) is 0 Å². The zero-order valence-electron chi connectivity index (χ0n) is 26.1. The molecule has 0 saturated heterocycles. The Morgan fingerprint density at radius 2 is 1.88 bits per heavy atom. The van der Waals surface area contributed by atoms with E-state index in [0.29, 0.717) is 24.9 Å². The largest absolute Gasteiger partial charge is 0.497 e. The number of aryl methyl sites for hydroxylation is 1. The van der Waals surface area contributed by atoms with Crippen LogP contribution in [0.1, 0.15) is 94.7 Å². The molecule has 1 fully saturated rings. The highest BCUT2D eigenvalue weighted by molar-refractivity contribution is 6.74. The van der Waals surface area contributed by atoms with E-state index in [4.69, 9.17) is 14.1 Å². The van der Waals surface area contributed by atoms with Crippen molar-refractivity contribution in [3.05, 3.63) is 52.9 Å². The summed E-state index contributed by atoms with van der Waals surface area (Å²) in [5.41, 5.74) is 3.20. The second-order valence-electron chi connectivity index (χ2n) is 12.7. The first kappa shape index (κ1) is 31.6. The fraction of sp³-hybridized carbons (Fsp3) is 0.594. The lowest BCUT2D eigenvalue weighted by Crippen LogP contribution is -2.41. The third-order valence-corrected chi connectivity index (χ3v) is 13.3. The van der Waals surface area contributed by atoms with Crippen LogP contribution in [-0.2, 0) is 11.0 Å². The fourth-order valence-electron chi connectivity index (χ4n) is 5.32. The smallest absolute Gasteiger partial charge is 0.193 e. The van der Waals surface area contributed by atoms with Crippen LogP contribution in [0.15, 0.2) is 35.1 Å². The van der Waals surface area contributed by atoms with E-state index >= 15 is 0 Å². The first-order valence-corrected chi connectivity index (χ1v) is 17.4.